The molecule has 2 aromatic rings. The van der Waals surface area contributed by atoms with E-state index in [1.54, 1.807) is 0 Å². The lowest BCUT2D eigenvalue weighted by Crippen LogP contribution is -2.14. The highest BCUT2D eigenvalue weighted by Gasteiger charge is 2.06. The van der Waals surface area contributed by atoms with Gasteiger partial charge < -0.3 is 10.2 Å². The highest BCUT2D eigenvalue weighted by atomic mass is 79.9. The van der Waals surface area contributed by atoms with Crippen molar-refractivity contribution in [1.29, 1.82) is 0 Å². The topological polar surface area (TPSA) is 27.6 Å². The van der Waals surface area contributed by atoms with Crippen LogP contribution in [0, 0.1) is 13.8 Å². The van der Waals surface area contributed by atoms with Crippen LogP contribution in [-0.2, 0) is 0 Å². The third-order valence-electron chi connectivity index (χ3n) is 3.58. The van der Waals surface area contributed by atoms with Gasteiger partial charge in [-0.2, -0.15) is 0 Å². The van der Waals surface area contributed by atoms with Gasteiger partial charge >= 0.3 is 0 Å². The highest BCUT2D eigenvalue weighted by Crippen LogP contribution is 2.31. The van der Waals surface area contributed by atoms with Crippen molar-refractivity contribution in [3.8, 4) is 0 Å². The molecule has 0 aliphatic heterocycles. The molecule has 0 heterocycles. The zero-order valence-electron chi connectivity index (χ0n) is 13.5. The van der Waals surface area contributed by atoms with Gasteiger partial charge in [0.2, 0.25) is 0 Å². The second-order valence-corrected chi connectivity index (χ2v) is 6.23. The summed E-state index contributed by atoms with van der Waals surface area (Å²) in [6.07, 6.45) is 1.88. The maximum absolute atomic E-state index is 4.57. The molecule has 0 aliphatic rings. The van der Waals surface area contributed by atoms with Crippen LogP contribution < -0.4 is 5.32 Å². The summed E-state index contributed by atoms with van der Waals surface area (Å²) in [6.45, 7) is 7.24. The van der Waals surface area contributed by atoms with Crippen molar-refractivity contribution >= 4 is 39.3 Å². The standard InChI is InChI=1S/C18H22BrN3/c1-5-22(4)12-20-17-10-14(3)18(11-13(17)2)21-16-9-7-6-8-15(16)19/h6-12,21H,5H2,1-4H3/b20-12-. The van der Waals surface area contributed by atoms with Crippen LogP contribution in [0.2, 0.25) is 0 Å². The van der Waals surface area contributed by atoms with Gasteiger partial charge in [0.1, 0.15) is 0 Å². The van der Waals surface area contributed by atoms with Crippen LogP contribution in [0.1, 0.15) is 18.1 Å². The van der Waals surface area contributed by atoms with Crippen molar-refractivity contribution in [1.82, 2.24) is 4.90 Å². The van der Waals surface area contributed by atoms with Gasteiger partial charge in [0.05, 0.1) is 17.7 Å². The van der Waals surface area contributed by atoms with E-state index in [4.69, 9.17) is 0 Å². The third-order valence-corrected chi connectivity index (χ3v) is 4.27. The first kappa shape index (κ1) is 16.6. The van der Waals surface area contributed by atoms with Gasteiger partial charge in [0, 0.05) is 23.8 Å². The molecule has 0 amide bonds. The molecule has 0 saturated carbocycles. The van der Waals surface area contributed by atoms with Crippen LogP contribution in [0.3, 0.4) is 0 Å². The van der Waals surface area contributed by atoms with Gasteiger partial charge in [-0.25, -0.2) is 4.99 Å². The van der Waals surface area contributed by atoms with Crippen molar-refractivity contribution in [3.05, 3.63) is 52.0 Å². The number of anilines is 2. The second-order valence-electron chi connectivity index (χ2n) is 5.38. The average molecular weight is 360 g/mol. The van der Waals surface area contributed by atoms with Gasteiger partial charge in [0.15, 0.2) is 0 Å². The number of rotatable bonds is 5. The fourth-order valence-electron chi connectivity index (χ4n) is 2.02. The second kappa shape index (κ2) is 7.45. The van der Waals surface area contributed by atoms with Gasteiger partial charge in [-0.1, -0.05) is 12.1 Å². The summed E-state index contributed by atoms with van der Waals surface area (Å²) in [7, 11) is 2.02. The van der Waals surface area contributed by atoms with Crippen LogP contribution in [0.15, 0.2) is 45.9 Å². The zero-order valence-corrected chi connectivity index (χ0v) is 15.1. The molecule has 0 unspecified atom stereocenters. The SMILES string of the molecule is CCN(C)/C=N\c1cc(C)c(Nc2ccccc2Br)cc1C. The zero-order chi connectivity index (χ0) is 16.1. The summed E-state index contributed by atoms with van der Waals surface area (Å²) >= 11 is 3.57. The van der Waals surface area contributed by atoms with Crippen molar-refractivity contribution in [3.63, 3.8) is 0 Å². The summed E-state index contributed by atoms with van der Waals surface area (Å²) in [4.78, 5) is 6.62. The maximum atomic E-state index is 4.57. The fourth-order valence-corrected chi connectivity index (χ4v) is 2.41. The van der Waals surface area contributed by atoms with Crippen LogP contribution >= 0.6 is 15.9 Å². The lowest BCUT2D eigenvalue weighted by Gasteiger charge is -2.14. The molecule has 0 atom stereocenters. The first-order valence-corrected chi connectivity index (χ1v) is 8.17. The number of nitrogens with one attached hydrogen (secondary N) is 1. The molecule has 1 N–H and O–H groups in total. The Bertz CT molecular complexity index is 680. The van der Waals surface area contributed by atoms with E-state index in [-0.39, 0.29) is 0 Å². The number of hydrogen-bond donors (Lipinski definition) is 1. The molecule has 0 spiro atoms. The number of nitrogens with zero attached hydrogens (tertiary/aromatic N) is 2. The molecule has 0 bridgehead atoms. The molecule has 2 rings (SSSR count). The lowest BCUT2D eigenvalue weighted by molar-refractivity contribution is 0.552. The molecule has 116 valence electrons. The van der Waals surface area contributed by atoms with Gasteiger partial charge in [-0.3, -0.25) is 0 Å². The number of para-hydroxylation sites is 1. The Balaban J connectivity index is 2.27. The Kier molecular flexibility index (Phi) is 5.61. The largest absolute Gasteiger partial charge is 0.366 e. The van der Waals surface area contributed by atoms with E-state index in [0.717, 1.165) is 33.6 Å². The minimum atomic E-state index is 0.948. The van der Waals surface area contributed by atoms with E-state index in [2.05, 4.69) is 70.1 Å². The molecule has 0 radical (unpaired) electrons. The molecule has 0 aromatic heterocycles. The predicted octanol–water partition coefficient (Wildman–Crippen LogP) is 5.42. The van der Waals surface area contributed by atoms with Gasteiger partial charge in [-0.05, 0) is 72.1 Å². The molecule has 3 nitrogen and oxygen atoms in total. The first-order valence-electron chi connectivity index (χ1n) is 7.38. The highest BCUT2D eigenvalue weighted by molar-refractivity contribution is 9.10. The normalized spacial score (nSPS) is 11.0. The number of aliphatic imine (C=N–C) groups is 1. The monoisotopic (exact) mass is 359 g/mol. The minimum absolute atomic E-state index is 0.948. The van der Waals surface area contributed by atoms with Crippen molar-refractivity contribution < 1.29 is 0 Å². The van der Waals surface area contributed by atoms with E-state index in [1.807, 2.05) is 31.6 Å². The molecule has 0 saturated heterocycles. The minimum Gasteiger partial charge on any atom is -0.366 e. The molecular formula is C18H22BrN3. The molecular weight excluding hydrogens is 338 g/mol. The molecule has 0 fully saturated rings. The predicted molar refractivity (Wildman–Crippen MR) is 99.8 cm³/mol. The van der Waals surface area contributed by atoms with Gasteiger partial charge in [0.25, 0.3) is 0 Å². The van der Waals surface area contributed by atoms with E-state index < -0.39 is 0 Å². The summed E-state index contributed by atoms with van der Waals surface area (Å²) in [5.41, 5.74) is 5.50. The Morgan fingerprint density at radius 1 is 1.14 bits per heavy atom. The van der Waals surface area contributed by atoms with Crippen LogP contribution in [0.25, 0.3) is 0 Å². The van der Waals surface area contributed by atoms with Crippen molar-refractivity contribution in [2.24, 2.45) is 4.99 Å². The van der Waals surface area contributed by atoms with Crippen LogP contribution in [0.4, 0.5) is 17.1 Å². The number of hydrogen-bond acceptors (Lipinski definition) is 2. The Morgan fingerprint density at radius 3 is 2.55 bits per heavy atom. The third kappa shape index (κ3) is 4.10. The number of benzene rings is 2. The quantitative estimate of drug-likeness (QED) is 0.569. The first-order chi connectivity index (χ1) is 10.5. The Hall–Kier alpha value is -1.81. The van der Waals surface area contributed by atoms with E-state index in [9.17, 15) is 0 Å². The summed E-state index contributed by atoms with van der Waals surface area (Å²) < 4.78 is 1.05. The average Bonchev–Trinajstić information content (AvgIpc) is 2.51. The molecule has 22 heavy (non-hydrogen) atoms. The summed E-state index contributed by atoms with van der Waals surface area (Å²) in [5, 5.41) is 3.48. The van der Waals surface area contributed by atoms with Gasteiger partial charge in [-0.15, -0.1) is 0 Å². The molecule has 0 aliphatic carbocycles. The van der Waals surface area contributed by atoms with E-state index >= 15 is 0 Å². The van der Waals surface area contributed by atoms with E-state index in [0.29, 0.717) is 0 Å². The molecule has 4 heteroatoms. The summed E-state index contributed by atoms with van der Waals surface area (Å²) in [5.74, 6) is 0. The smallest absolute Gasteiger partial charge is 0.0909 e. The number of aryl methyl sites for hydroxylation is 2. The van der Waals surface area contributed by atoms with Crippen molar-refractivity contribution in [2.75, 3.05) is 18.9 Å². The van der Waals surface area contributed by atoms with Crippen molar-refractivity contribution in [2.45, 2.75) is 20.8 Å². The lowest BCUT2D eigenvalue weighted by atomic mass is 10.1. The maximum Gasteiger partial charge on any atom is 0.0909 e. The Morgan fingerprint density at radius 2 is 1.86 bits per heavy atom. The summed E-state index contributed by atoms with van der Waals surface area (Å²) in [6, 6.07) is 12.4. The fraction of sp³-hybridized carbons (Fsp3) is 0.278. The van der Waals surface area contributed by atoms with Crippen LogP contribution in [0.5, 0.6) is 0 Å². The number of halogens is 1. The molecule has 2 aromatic carbocycles. The van der Waals surface area contributed by atoms with Crippen LogP contribution in [-0.4, -0.2) is 24.8 Å². The Labute approximate surface area is 141 Å². The van der Waals surface area contributed by atoms with E-state index in [1.165, 1.54) is 5.56 Å².